The Bertz CT molecular complexity index is 936. The number of fused-ring (bicyclic) bond motifs is 3. The van der Waals surface area contributed by atoms with Gasteiger partial charge in [-0.3, -0.25) is 0 Å². The average Bonchev–Trinajstić information content (AvgIpc) is 3.22. The van der Waals surface area contributed by atoms with Crippen LogP contribution in [0.1, 0.15) is 31.7 Å². The monoisotopic (exact) mass is 348 g/mol. The van der Waals surface area contributed by atoms with E-state index in [1.807, 2.05) is 6.07 Å². The molecule has 5 nitrogen and oxygen atoms in total. The summed E-state index contributed by atoms with van der Waals surface area (Å²) in [7, 11) is 3.97. The van der Waals surface area contributed by atoms with Gasteiger partial charge in [-0.1, -0.05) is 23.4 Å². The van der Waals surface area contributed by atoms with Gasteiger partial charge in [-0.15, -0.1) is 5.10 Å². The summed E-state index contributed by atoms with van der Waals surface area (Å²) in [6, 6.07) is 14.5. The molecule has 2 fully saturated rings. The van der Waals surface area contributed by atoms with E-state index in [0.717, 1.165) is 17.0 Å². The Morgan fingerprint density at radius 2 is 1.69 bits per heavy atom. The fourth-order valence-electron chi connectivity index (χ4n) is 4.70. The molecule has 3 heterocycles. The van der Waals surface area contributed by atoms with Crippen molar-refractivity contribution in [1.29, 1.82) is 0 Å². The first kappa shape index (κ1) is 15.8. The quantitative estimate of drug-likeness (QED) is 0.720. The number of methoxy groups -OCH3 is 1. The smallest absolute Gasteiger partial charge is 0.119 e. The molecule has 5 rings (SSSR count). The second-order valence-corrected chi connectivity index (χ2v) is 7.69. The maximum atomic E-state index is 5.31. The zero-order valence-electron chi connectivity index (χ0n) is 15.3. The lowest BCUT2D eigenvalue weighted by atomic mass is 9.98. The molecular weight excluding hydrogens is 324 g/mol. The van der Waals surface area contributed by atoms with E-state index < -0.39 is 0 Å². The first-order chi connectivity index (χ1) is 12.7. The summed E-state index contributed by atoms with van der Waals surface area (Å²) in [5, 5.41) is 11.3. The van der Waals surface area contributed by atoms with Gasteiger partial charge in [0.1, 0.15) is 11.4 Å². The lowest BCUT2D eigenvalue weighted by Crippen LogP contribution is -2.40. The molecule has 3 atom stereocenters. The summed E-state index contributed by atoms with van der Waals surface area (Å²) >= 11 is 0. The van der Waals surface area contributed by atoms with E-state index in [9.17, 15) is 0 Å². The molecule has 0 aliphatic carbocycles. The molecule has 0 amide bonds. The van der Waals surface area contributed by atoms with Gasteiger partial charge < -0.3 is 9.64 Å². The van der Waals surface area contributed by atoms with Crippen LogP contribution in [0.4, 0.5) is 0 Å². The zero-order valence-corrected chi connectivity index (χ0v) is 15.3. The minimum atomic E-state index is 0.481. The van der Waals surface area contributed by atoms with Gasteiger partial charge in [0.05, 0.1) is 19.3 Å². The number of rotatable bonds is 3. The van der Waals surface area contributed by atoms with E-state index in [2.05, 4.69) is 63.5 Å². The predicted molar refractivity (Wildman–Crippen MR) is 102 cm³/mol. The fraction of sp³-hybridized carbons (Fsp3) is 0.429. The Balaban J connectivity index is 1.42. The van der Waals surface area contributed by atoms with Crippen LogP contribution in [0.15, 0.2) is 42.6 Å². The topological polar surface area (TPSA) is 43.2 Å². The van der Waals surface area contributed by atoms with Gasteiger partial charge in [0, 0.05) is 17.6 Å². The third kappa shape index (κ3) is 2.58. The standard InChI is InChI=1S/C21H24N4O/c1-24-17-6-7-18(24)12-19(11-17)25-13-21(22-23-25)16-4-3-15-10-20(26-2)8-5-14(15)9-16/h3-5,8-10,13,17-19H,6-7,11-12H2,1-2H3/t17-,18+,19?. The van der Waals surface area contributed by atoms with Crippen molar-refractivity contribution in [3.8, 4) is 17.0 Å². The SMILES string of the molecule is COc1ccc2cc(-c3cn(C4C[C@H]5CC[C@@H](C4)N5C)nn3)ccc2c1. The maximum Gasteiger partial charge on any atom is 0.119 e. The summed E-state index contributed by atoms with van der Waals surface area (Å²) < 4.78 is 7.41. The van der Waals surface area contributed by atoms with E-state index in [0.29, 0.717) is 18.1 Å². The van der Waals surface area contributed by atoms with Gasteiger partial charge in [0.2, 0.25) is 0 Å². The molecule has 26 heavy (non-hydrogen) atoms. The molecule has 1 unspecified atom stereocenters. The average molecular weight is 348 g/mol. The van der Waals surface area contributed by atoms with Gasteiger partial charge in [0.25, 0.3) is 0 Å². The maximum absolute atomic E-state index is 5.31. The van der Waals surface area contributed by atoms with Crippen molar-refractivity contribution in [2.45, 2.75) is 43.8 Å². The van der Waals surface area contributed by atoms with Crippen molar-refractivity contribution in [3.63, 3.8) is 0 Å². The second-order valence-electron chi connectivity index (χ2n) is 7.69. The molecule has 0 saturated carbocycles. The van der Waals surface area contributed by atoms with Crippen LogP contribution >= 0.6 is 0 Å². The van der Waals surface area contributed by atoms with E-state index in [4.69, 9.17) is 4.74 Å². The molecule has 134 valence electrons. The third-order valence-electron chi connectivity index (χ3n) is 6.30. The highest BCUT2D eigenvalue weighted by Crippen LogP contribution is 2.39. The van der Waals surface area contributed by atoms with E-state index in [-0.39, 0.29) is 0 Å². The first-order valence-electron chi connectivity index (χ1n) is 9.43. The summed E-state index contributed by atoms with van der Waals surface area (Å²) in [4.78, 5) is 2.56. The molecule has 0 radical (unpaired) electrons. The molecule has 2 aliphatic rings. The molecular formula is C21H24N4O. The van der Waals surface area contributed by atoms with Crippen LogP contribution in [0.3, 0.4) is 0 Å². The largest absolute Gasteiger partial charge is 0.497 e. The van der Waals surface area contributed by atoms with Crippen molar-refractivity contribution in [2.75, 3.05) is 14.2 Å². The molecule has 0 spiro atoms. The molecule has 5 heteroatoms. The zero-order chi connectivity index (χ0) is 17.7. The molecule has 0 N–H and O–H groups in total. The van der Waals surface area contributed by atoms with Crippen LogP contribution in [0, 0.1) is 0 Å². The number of ether oxygens (including phenoxy) is 1. The highest BCUT2D eigenvalue weighted by molar-refractivity contribution is 5.87. The Morgan fingerprint density at radius 3 is 2.46 bits per heavy atom. The molecule has 2 saturated heterocycles. The molecule has 3 aromatic rings. The van der Waals surface area contributed by atoms with E-state index in [1.165, 1.54) is 36.5 Å². The predicted octanol–water partition coefficient (Wildman–Crippen LogP) is 3.90. The highest BCUT2D eigenvalue weighted by Gasteiger charge is 2.39. The molecule has 2 aromatic carbocycles. The Hall–Kier alpha value is -2.40. The van der Waals surface area contributed by atoms with Crippen LogP contribution in [0.25, 0.3) is 22.0 Å². The Labute approximate surface area is 153 Å². The normalized spacial score (nSPS) is 25.7. The fourth-order valence-corrected chi connectivity index (χ4v) is 4.70. The summed E-state index contributed by atoms with van der Waals surface area (Å²) in [5.74, 6) is 0.882. The first-order valence-corrected chi connectivity index (χ1v) is 9.43. The van der Waals surface area contributed by atoms with Gasteiger partial charge in [-0.2, -0.15) is 0 Å². The van der Waals surface area contributed by atoms with Crippen molar-refractivity contribution in [3.05, 3.63) is 42.6 Å². The van der Waals surface area contributed by atoms with E-state index >= 15 is 0 Å². The summed E-state index contributed by atoms with van der Waals surface area (Å²) in [6.45, 7) is 0. The number of hydrogen-bond acceptors (Lipinski definition) is 4. The molecule has 1 aromatic heterocycles. The number of piperidine rings is 1. The number of benzene rings is 2. The van der Waals surface area contributed by atoms with Crippen LogP contribution in [0.2, 0.25) is 0 Å². The lowest BCUT2D eigenvalue weighted by Gasteiger charge is -2.36. The van der Waals surface area contributed by atoms with Crippen molar-refractivity contribution < 1.29 is 4.74 Å². The number of hydrogen-bond donors (Lipinski definition) is 0. The Morgan fingerprint density at radius 1 is 0.962 bits per heavy atom. The van der Waals surface area contributed by atoms with E-state index in [1.54, 1.807) is 7.11 Å². The van der Waals surface area contributed by atoms with Crippen molar-refractivity contribution >= 4 is 10.8 Å². The molecule has 2 bridgehead atoms. The van der Waals surface area contributed by atoms with Crippen LogP contribution in [-0.4, -0.2) is 46.1 Å². The number of aromatic nitrogens is 3. The van der Waals surface area contributed by atoms with Gasteiger partial charge in [0.15, 0.2) is 0 Å². The minimum absolute atomic E-state index is 0.481. The van der Waals surface area contributed by atoms with Gasteiger partial charge in [-0.05, 0) is 61.7 Å². The van der Waals surface area contributed by atoms with Crippen LogP contribution in [0.5, 0.6) is 5.75 Å². The van der Waals surface area contributed by atoms with Crippen molar-refractivity contribution in [1.82, 2.24) is 19.9 Å². The lowest BCUT2D eigenvalue weighted by molar-refractivity contribution is 0.130. The molecule has 2 aliphatic heterocycles. The van der Waals surface area contributed by atoms with Gasteiger partial charge >= 0.3 is 0 Å². The number of nitrogens with zero attached hydrogens (tertiary/aromatic N) is 4. The van der Waals surface area contributed by atoms with Crippen LogP contribution < -0.4 is 4.74 Å². The highest BCUT2D eigenvalue weighted by atomic mass is 16.5. The van der Waals surface area contributed by atoms with Crippen molar-refractivity contribution in [2.24, 2.45) is 0 Å². The second kappa shape index (κ2) is 6.09. The Kier molecular flexibility index (Phi) is 3.71. The summed E-state index contributed by atoms with van der Waals surface area (Å²) in [6.07, 6.45) is 7.15. The minimum Gasteiger partial charge on any atom is -0.497 e. The summed E-state index contributed by atoms with van der Waals surface area (Å²) in [5.41, 5.74) is 2.07. The third-order valence-corrected chi connectivity index (χ3v) is 6.30. The van der Waals surface area contributed by atoms with Crippen LogP contribution in [-0.2, 0) is 0 Å². The van der Waals surface area contributed by atoms with Gasteiger partial charge in [-0.25, -0.2) is 4.68 Å².